The molecular weight excluding hydrogens is 332 g/mol. The second-order valence-corrected chi connectivity index (χ2v) is 7.58. The molecule has 1 N–H and O–H groups in total. The minimum Gasteiger partial charge on any atom is -0.347 e. The van der Waals surface area contributed by atoms with Crippen LogP contribution in [0.15, 0.2) is 30.7 Å². The van der Waals surface area contributed by atoms with E-state index >= 15 is 0 Å². The highest BCUT2D eigenvalue weighted by Gasteiger charge is 2.27. The van der Waals surface area contributed by atoms with Crippen LogP contribution in [-0.2, 0) is 16.6 Å². The fourth-order valence-corrected chi connectivity index (χ4v) is 3.34. The number of fused-ring (bicyclic) bond motifs is 2. The maximum Gasteiger partial charge on any atom is 0.208 e. The minimum atomic E-state index is -3.26. The van der Waals surface area contributed by atoms with Crippen molar-refractivity contribution in [2.75, 3.05) is 24.2 Å². The van der Waals surface area contributed by atoms with Crippen molar-refractivity contribution in [3.8, 4) is 0 Å². The molecule has 0 saturated heterocycles. The molecule has 0 unspecified atom stereocenters. The summed E-state index contributed by atoms with van der Waals surface area (Å²) in [4.78, 5) is 2.09. The predicted molar refractivity (Wildman–Crippen MR) is 85.9 cm³/mol. The van der Waals surface area contributed by atoms with Crippen LogP contribution in [-0.4, -0.2) is 57.4 Å². The maximum absolute atomic E-state index is 11.4. The van der Waals surface area contributed by atoms with Gasteiger partial charge in [-0.15, -0.1) is 15.3 Å². The number of nitrogens with one attached hydrogen (secondary N) is 1. The van der Waals surface area contributed by atoms with Gasteiger partial charge in [-0.05, 0) is 18.2 Å². The summed E-state index contributed by atoms with van der Waals surface area (Å²) >= 11 is 0. The van der Waals surface area contributed by atoms with Gasteiger partial charge in [0.2, 0.25) is 10.0 Å². The van der Waals surface area contributed by atoms with Gasteiger partial charge in [-0.25, -0.2) is 13.1 Å². The molecule has 0 bridgehead atoms. The third-order valence-electron chi connectivity index (χ3n) is 3.93. The zero-order chi connectivity index (χ0) is 16.7. The van der Waals surface area contributed by atoms with Crippen molar-refractivity contribution in [2.45, 2.75) is 12.6 Å². The Morgan fingerprint density at radius 3 is 3.04 bits per heavy atom. The van der Waals surface area contributed by atoms with Crippen molar-refractivity contribution in [2.24, 2.45) is 0 Å². The summed E-state index contributed by atoms with van der Waals surface area (Å²) in [5, 5.41) is 16.6. The molecular formula is C13H16N8O2S. The fourth-order valence-electron chi connectivity index (χ4n) is 2.85. The molecule has 0 spiro atoms. The van der Waals surface area contributed by atoms with Gasteiger partial charge < -0.3 is 4.90 Å². The average Bonchev–Trinajstić information content (AvgIpc) is 3.19. The summed E-state index contributed by atoms with van der Waals surface area (Å²) < 4.78 is 28.9. The first-order valence-electron chi connectivity index (χ1n) is 7.39. The maximum atomic E-state index is 11.4. The summed E-state index contributed by atoms with van der Waals surface area (Å²) in [6.45, 7) is 1.52. The molecule has 0 radical (unpaired) electrons. The number of hydrogen-bond donors (Lipinski definition) is 1. The molecule has 0 saturated carbocycles. The van der Waals surface area contributed by atoms with Gasteiger partial charge in [0.05, 0.1) is 24.5 Å². The molecule has 4 heterocycles. The van der Waals surface area contributed by atoms with E-state index in [-0.39, 0.29) is 12.6 Å². The van der Waals surface area contributed by atoms with Crippen molar-refractivity contribution < 1.29 is 8.42 Å². The normalized spacial score (nSPS) is 18.0. The summed E-state index contributed by atoms with van der Waals surface area (Å²) in [5.41, 5.74) is 1.68. The summed E-state index contributed by atoms with van der Waals surface area (Å²) in [6, 6.07) is 5.55. The van der Waals surface area contributed by atoms with Gasteiger partial charge >= 0.3 is 0 Å². The van der Waals surface area contributed by atoms with Gasteiger partial charge in [0.1, 0.15) is 12.1 Å². The van der Waals surface area contributed by atoms with Crippen LogP contribution in [0.5, 0.6) is 0 Å². The van der Waals surface area contributed by atoms with Crippen molar-refractivity contribution in [1.82, 2.24) is 34.3 Å². The molecule has 1 aliphatic rings. The molecule has 4 rings (SSSR count). The number of rotatable bonds is 4. The molecule has 10 nitrogen and oxygen atoms in total. The monoisotopic (exact) mass is 348 g/mol. The number of nitrogens with zero attached hydrogens (tertiary/aromatic N) is 7. The lowest BCUT2D eigenvalue weighted by Gasteiger charge is -2.34. The van der Waals surface area contributed by atoms with E-state index in [0.717, 1.165) is 17.8 Å². The standard InChI is InChI=1S/C13H16N8O2S/c1-24(22,23)16-6-11-8-19(7-10-4-5-15-21(10)11)13-3-2-12-17-14-9-20(12)18-13/h2-5,9,11,16H,6-8H2,1H3/t11-/m1/s1. The van der Waals surface area contributed by atoms with Gasteiger partial charge in [0.15, 0.2) is 5.65 Å². The van der Waals surface area contributed by atoms with Crippen LogP contribution in [0, 0.1) is 0 Å². The van der Waals surface area contributed by atoms with E-state index in [2.05, 4.69) is 30.0 Å². The quantitative estimate of drug-likeness (QED) is 0.672. The Kier molecular flexibility index (Phi) is 3.46. The van der Waals surface area contributed by atoms with E-state index in [1.54, 1.807) is 17.0 Å². The molecule has 126 valence electrons. The van der Waals surface area contributed by atoms with E-state index in [1.165, 1.54) is 0 Å². The molecule has 0 amide bonds. The summed E-state index contributed by atoms with van der Waals surface area (Å²) in [6.07, 6.45) is 4.43. The third-order valence-corrected chi connectivity index (χ3v) is 4.63. The molecule has 0 aliphatic carbocycles. The molecule has 11 heteroatoms. The summed E-state index contributed by atoms with van der Waals surface area (Å²) in [7, 11) is -3.26. The minimum absolute atomic E-state index is 0.114. The van der Waals surface area contributed by atoms with E-state index in [9.17, 15) is 8.42 Å². The van der Waals surface area contributed by atoms with Gasteiger partial charge in [-0.1, -0.05) is 0 Å². The molecule has 3 aromatic rings. The largest absolute Gasteiger partial charge is 0.347 e. The highest BCUT2D eigenvalue weighted by atomic mass is 32.2. The number of anilines is 1. The molecule has 0 aromatic carbocycles. The van der Waals surface area contributed by atoms with E-state index in [1.807, 2.05) is 22.9 Å². The lowest BCUT2D eigenvalue weighted by molar-refractivity contribution is 0.393. The highest BCUT2D eigenvalue weighted by Crippen LogP contribution is 2.24. The third kappa shape index (κ3) is 2.83. The first-order valence-corrected chi connectivity index (χ1v) is 9.28. The molecule has 24 heavy (non-hydrogen) atoms. The lowest BCUT2D eigenvalue weighted by atomic mass is 10.2. The molecule has 0 fully saturated rings. The van der Waals surface area contributed by atoms with Crippen LogP contribution in [0.1, 0.15) is 11.7 Å². The van der Waals surface area contributed by atoms with Crippen molar-refractivity contribution >= 4 is 21.5 Å². The average molecular weight is 348 g/mol. The highest BCUT2D eigenvalue weighted by molar-refractivity contribution is 7.88. The van der Waals surface area contributed by atoms with Crippen LogP contribution in [0.4, 0.5) is 5.82 Å². The van der Waals surface area contributed by atoms with E-state index in [0.29, 0.717) is 18.7 Å². The molecule has 1 aliphatic heterocycles. The zero-order valence-electron chi connectivity index (χ0n) is 12.9. The Morgan fingerprint density at radius 1 is 1.33 bits per heavy atom. The van der Waals surface area contributed by atoms with Crippen LogP contribution < -0.4 is 9.62 Å². The smallest absolute Gasteiger partial charge is 0.208 e. The van der Waals surface area contributed by atoms with Gasteiger partial charge in [-0.2, -0.15) is 9.61 Å². The predicted octanol–water partition coefficient (Wildman–Crippen LogP) is -0.569. The first-order chi connectivity index (χ1) is 11.5. The molecule has 3 aromatic heterocycles. The Bertz CT molecular complexity index is 979. The van der Waals surface area contributed by atoms with Gasteiger partial charge in [-0.3, -0.25) is 4.68 Å². The Balaban J connectivity index is 1.63. The second-order valence-electron chi connectivity index (χ2n) is 5.75. The SMILES string of the molecule is CS(=O)(=O)NC[C@@H]1CN(c2ccc3nncn3n2)Cc2ccnn21. The zero-order valence-corrected chi connectivity index (χ0v) is 13.8. The van der Waals surface area contributed by atoms with Crippen molar-refractivity contribution in [1.29, 1.82) is 0 Å². The number of aromatic nitrogens is 6. The van der Waals surface area contributed by atoms with Crippen LogP contribution in [0.3, 0.4) is 0 Å². The van der Waals surface area contributed by atoms with Crippen LogP contribution in [0.2, 0.25) is 0 Å². The van der Waals surface area contributed by atoms with Gasteiger partial charge in [0, 0.05) is 19.3 Å². The Labute approximate surface area is 138 Å². The number of hydrogen-bond acceptors (Lipinski definition) is 7. The topological polar surface area (TPSA) is 110 Å². The molecule has 1 atom stereocenters. The van der Waals surface area contributed by atoms with Crippen molar-refractivity contribution in [3.63, 3.8) is 0 Å². The number of sulfonamides is 1. The van der Waals surface area contributed by atoms with Crippen molar-refractivity contribution in [3.05, 3.63) is 36.4 Å². The fraction of sp³-hybridized carbons (Fsp3) is 0.385. The summed E-state index contributed by atoms with van der Waals surface area (Å²) in [5.74, 6) is 0.777. The lowest BCUT2D eigenvalue weighted by Crippen LogP contribution is -2.43. The van der Waals surface area contributed by atoms with Gasteiger partial charge in [0.25, 0.3) is 0 Å². The van der Waals surface area contributed by atoms with E-state index in [4.69, 9.17) is 0 Å². The van der Waals surface area contributed by atoms with Crippen LogP contribution >= 0.6 is 0 Å². The second kappa shape index (κ2) is 5.53. The van der Waals surface area contributed by atoms with Crippen LogP contribution in [0.25, 0.3) is 5.65 Å². The van der Waals surface area contributed by atoms with E-state index < -0.39 is 10.0 Å². The Hall–Kier alpha value is -2.53. The Morgan fingerprint density at radius 2 is 2.21 bits per heavy atom. The first kappa shape index (κ1) is 15.0.